The lowest BCUT2D eigenvalue weighted by Gasteiger charge is -2.45. The molecule has 0 saturated carbocycles. The minimum Gasteiger partial charge on any atom is -0.456 e. The highest BCUT2D eigenvalue weighted by Gasteiger charge is 2.54. The average Bonchev–Trinajstić information content (AvgIpc) is 2.83. The number of rotatable bonds is 10. The molecule has 2 aliphatic rings. The van der Waals surface area contributed by atoms with Gasteiger partial charge in [0.15, 0.2) is 49.2 Å². The van der Waals surface area contributed by atoms with E-state index in [4.69, 9.17) is 47.4 Å². The van der Waals surface area contributed by atoms with Crippen molar-refractivity contribution in [2.24, 2.45) is 0 Å². The van der Waals surface area contributed by atoms with Gasteiger partial charge in [0, 0.05) is 48.7 Å². The van der Waals surface area contributed by atoms with E-state index in [-0.39, 0.29) is 0 Å². The van der Waals surface area contributed by atoms with Gasteiger partial charge in [-0.2, -0.15) is 0 Å². The summed E-state index contributed by atoms with van der Waals surface area (Å²) in [5, 5.41) is 0. The van der Waals surface area contributed by atoms with E-state index in [1.54, 1.807) is 0 Å². The van der Waals surface area contributed by atoms with Crippen LogP contribution in [0.15, 0.2) is 0 Å². The third-order valence-corrected chi connectivity index (χ3v) is 5.79. The molecule has 2 fully saturated rings. The van der Waals surface area contributed by atoms with Crippen molar-refractivity contribution in [2.45, 2.75) is 110 Å². The Hall–Kier alpha value is -3.34. The Morgan fingerprint density at radius 1 is 0.512 bits per heavy atom. The van der Waals surface area contributed by atoms with Crippen molar-refractivity contribution in [3.8, 4) is 0 Å². The predicted octanol–water partition coefficient (Wildman–Crippen LogP) is -0.291. The summed E-state index contributed by atoms with van der Waals surface area (Å²) in [5.74, 6) is -4.55. The van der Waals surface area contributed by atoms with E-state index in [9.17, 15) is 28.8 Å². The van der Waals surface area contributed by atoms with E-state index < -0.39 is 104 Å². The van der Waals surface area contributed by atoms with E-state index >= 15 is 0 Å². The molecule has 0 spiro atoms. The molecule has 0 bridgehead atoms. The summed E-state index contributed by atoms with van der Waals surface area (Å²) in [5.41, 5.74) is 0. The van der Waals surface area contributed by atoms with Gasteiger partial charge in [-0.1, -0.05) is 0 Å². The van der Waals surface area contributed by atoms with Gasteiger partial charge in [0.05, 0.1) is 12.7 Å². The number of carbonyl (C=O) groups is 6. The van der Waals surface area contributed by atoms with Crippen LogP contribution in [-0.2, 0) is 76.1 Å². The zero-order valence-corrected chi connectivity index (χ0v) is 24.0. The summed E-state index contributed by atoms with van der Waals surface area (Å²) in [4.78, 5) is 71.3. The van der Waals surface area contributed by atoms with Crippen LogP contribution < -0.4 is 0 Å². The van der Waals surface area contributed by atoms with Gasteiger partial charge in [-0.05, 0) is 6.92 Å². The average molecular weight is 593 g/mol. The molecule has 0 aromatic heterocycles. The Morgan fingerprint density at radius 2 is 0.878 bits per heavy atom. The first-order valence-corrected chi connectivity index (χ1v) is 12.6. The van der Waals surface area contributed by atoms with Crippen LogP contribution >= 0.6 is 0 Å². The highest BCUT2D eigenvalue weighted by molar-refractivity contribution is 5.69. The summed E-state index contributed by atoms with van der Waals surface area (Å²) in [7, 11) is 1.25. The first kappa shape index (κ1) is 33.9. The maximum atomic E-state index is 12.0. The second-order valence-corrected chi connectivity index (χ2v) is 9.27. The number of carbonyl (C=O) groups excluding carboxylic acids is 6. The topological polar surface area (TPSA) is 195 Å². The van der Waals surface area contributed by atoms with Gasteiger partial charge in [-0.3, -0.25) is 28.8 Å². The zero-order valence-electron chi connectivity index (χ0n) is 24.0. The van der Waals surface area contributed by atoms with E-state index in [1.165, 1.54) is 14.0 Å². The van der Waals surface area contributed by atoms with Crippen molar-refractivity contribution in [1.82, 2.24) is 0 Å². The van der Waals surface area contributed by atoms with Crippen LogP contribution in [0.2, 0.25) is 0 Å². The van der Waals surface area contributed by atoms with Gasteiger partial charge in [0.2, 0.25) is 0 Å². The summed E-state index contributed by atoms with van der Waals surface area (Å²) in [6.07, 6.45) is -12.8. The minimum atomic E-state index is -1.41. The van der Waals surface area contributed by atoms with E-state index in [2.05, 4.69) is 0 Å². The molecule has 0 N–H and O–H groups in total. The van der Waals surface area contributed by atoms with Crippen LogP contribution in [0.25, 0.3) is 0 Å². The van der Waals surface area contributed by atoms with E-state index in [0.717, 1.165) is 41.5 Å². The minimum absolute atomic E-state index is 0.456. The SMILES string of the molecule is CO[C@H]1OC(COC2O[C@@H](C)C(OC(C)=O)C(OC(C)=O)[C@H]2OC(C)=O)[C@@H](OC(C)=O)[C@H](OC(C)=O)C1OC(C)=O. The molecule has 16 nitrogen and oxygen atoms in total. The second-order valence-electron chi connectivity index (χ2n) is 9.27. The summed E-state index contributed by atoms with van der Waals surface area (Å²) < 4.78 is 54.9. The number of methoxy groups -OCH3 is 1. The molecule has 2 heterocycles. The molecule has 0 aromatic rings. The lowest BCUT2D eigenvalue weighted by Crippen LogP contribution is -2.64. The van der Waals surface area contributed by atoms with Crippen molar-refractivity contribution in [3.63, 3.8) is 0 Å². The van der Waals surface area contributed by atoms with Crippen LogP contribution in [-0.4, -0.2) is 111 Å². The largest absolute Gasteiger partial charge is 0.456 e. The van der Waals surface area contributed by atoms with Gasteiger partial charge < -0.3 is 47.4 Å². The number of ether oxygens (including phenoxy) is 10. The molecule has 10 atom stereocenters. The van der Waals surface area contributed by atoms with E-state index in [1.807, 2.05) is 0 Å². The standard InChI is InChI=1S/C25H36O16/c1-10-18(35-11(2)26)20(37-13(4)28)23(40-16(7)31)25(34-10)33-9-17-19(36-12(3)27)21(38-14(5)29)22(39-15(6)30)24(32-8)41-17/h10,17-25H,9H2,1-8H3/t10-,17?,18?,19+,20?,21-,22?,23+,24-,25?/m0/s1. The third kappa shape index (κ3) is 9.62. The molecule has 41 heavy (non-hydrogen) atoms. The number of esters is 6. The Labute approximate surface area is 236 Å². The Morgan fingerprint density at radius 3 is 1.32 bits per heavy atom. The summed E-state index contributed by atoms with van der Waals surface area (Å²) in [6, 6.07) is 0. The number of hydrogen-bond acceptors (Lipinski definition) is 16. The Balaban J connectivity index is 2.41. The van der Waals surface area contributed by atoms with E-state index in [0.29, 0.717) is 0 Å². The predicted molar refractivity (Wildman–Crippen MR) is 129 cm³/mol. The smallest absolute Gasteiger partial charge is 0.303 e. The van der Waals surface area contributed by atoms with Gasteiger partial charge >= 0.3 is 35.8 Å². The van der Waals surface area contributed by atoms with Crippen molar-refractivity contribution in [1.29, 1.82) is 0 Å². The summed E-state index contributed by atoms with van der Waals surface area (Å²) >= 11 is 0. The molecule has 232 valence electrons. The van der Waals surface area contributed by atoms with Crippen LogP contribution in [0.3, 0.4) is 0 Å². The molecule has 0 radical (unpaired) electrons. The fourth-order valence-electron chi connectivity index (χ4n) is 4.47. The fourth-order valence-corrected chi connectivity index (χ4v) is 4.47. The van der Waals surface area contributed by atoms with Crippen molar-refractivity contribution in [3.05, 3.63) is 0 Å². The maximum absolute atomic E-state index is 12.0. The maximum Gasteiger partial charge on any atom is 0.303 e. The highest BCUT2D eigenvalue weighted by Crippen LogP contribution is 2.32. The molecular formula is C25H36O16. The zero-order chi connectivity index (χ0) is 31.0. The second kappa shape index (κ2) is 15.0. The van der Waals surface area contributed by atoms with Gasteiger partial charge in [-0.25, -0.2) is 0 Å². The summed E-state index contributed by atoms with van der Waals surface area (Å²) in [6.45, 7) is 7.75. The molecular weight excluding hydrogens is 556 g/mol. The Kier molecular flexibility index (Phi) is 12.4. The monoisotopic (exact) mass is 592 g/mol. The molecule has 0 amide bonds. The van der Waals surface area contributed by atoms with Crippen molar-refractivity contribution < 1.29 is 76.1 Å². The fraction of sp³-hybridized carbons (Fsp3) is 0.760. The lowest BCUT2D eigenvalue weighted by molar-refractivity contribution is -0.329. The first-order valence-electron chi connectivity index (χ1n) is 12.6. The third-order valence-electron chi connectivity index (χ3n) is 5.79. The molecule has 2 rings (SSSR count). The Bertz CT molecular complexity index is 981. The molecule has 2 saturated heterocycles. The van der Waals surface area contributed by atoms with Gasteiger partial charge in [0.25, 0.3) is 0 Å². The van der Waals surface area contributed by atoms with Crippen LogP contribution in [0.1, 0.15) is 48.5 Å². The number of hydrogen-bond donors (Lipinski definition) is 0. The van der Waals surface area contributed by atoms with Crippen molar-refractivity contribution in [2.75, 3.05) is 13.7 Å². The van der Waals surface area contributed by atoms with Gasteiger partial charge in [-0.15, -0.1) is 0 Å². The highest BCUT2D eigenvalue weighted by atomic mass is 16.8. The quantitative estimate of drug-likeness (QED) is 0.237. The molecule has 2 aliphatic heterocycles. The molecule has 0 aliphatic carbocycles. The normalized spacial score (nSPS) is 33.1. The molecule has 0 aromatic carbocycles. The molecule has 5 unspecified atom stereocenters. The van der Waals surface area contributed by atoms with Crippen molar-refractivity contribution >= 4 is 35.8 Å². The lowest BCUT2D eigenvalue weighted by atomic mass is 9.97. The first-order chi connectivity index (χ1) is 19.1. The van der Waals surface area contributed by atoms with Crippen LogP contribution in [0.5, 0.6) is 0 Å². The van der Waals surface area contributed by atoms with Gasteiger partial charge in [0.1, 0.15) is 6.10 Å². The van der Waals surface area contributed by atoms with Crippen LogP contribution in [0, 0.1) is 0 Å². The molecule has 16 heteroatoms. The van der Waals surface area contributed by atoms with Crippen LogP contribution in [0.4, 0.5) is 0 Å².